The van der Waals surface area contributed by atoms with Crippen LogP contribution < -0.4 is 4.90 Å². The number of carbonyl (C=O) groups is 1. The molecule has 0 atom stereocenters. The van der Waals surface area contributed by atoms with Gasteiger partial charge in [0.25, 0.3) is 0 Å². The lowest BCUT2D eigenvalue weighted by Crippen LogP contribution is -2.53. The summed E-state index contributed by atoms with van der Waals surface area (Å²) in [6.07, 6.45) is 0. The minimum Gasteiger partial charge on any atom is -0.507 e. The third kappa shape index (κ3) is 3.12. The number of phenols is 1. The lowest BCUT2D eigenvalue weighted by atomic mass is 10.0. The molecule has 1 aromatic carbocycles. The number of anilines is 1. The monoisotopic (exact) mass is 276 g/mol. The third-order valence-electron chi connectivity index (χ3n) is 3.95. The predicted octanol–water partition coefficient (Wildman–Crippen LogP) is 2.52. The maximum Gasteiger partial charge on any atom is 0.163 e. The Labute approximate surface area is 121 Å². The number of Topliss-reactive ketones (excluding diaryl/α,β-unsaturated/α-hetero) is 1. The van der Waals surface area contributed by atoms with Crippen LogP contribution in [0, 0.1) is 0 Å². The fourth-order valence-corrected chi connectivity index (χ4v) is 2.65. The Morgan fingerprint density at radius 3 is 2.20 bits per heavy atom. The highest BCUT2D eigenvalue weighted by atomic mass is 16.3. The van der Waals surface area contributed by atoms with Crippen LogP contribution in [0.25, 0.3) is 0 Å². The molecule has 110 valence electrons. The molecule has 1 aromatic rings. The Morgan fingerprint density at radius 2 is 1.75 bits per heavy atom. The van der Waals surface area contributed by atoms with E-state index in [0.29, 0.717) is 5.56 Å². The summed E-state index contributed by atoms with van der Waals surface area (Å²) >= 11 is 0. The normalized spacial score (nSPS) is 17.3. The number of piperazine rings is 1. The quantitative estimate of drug-likeness (QED) is 0.843. The molecule has 2 rings (SSSR count). The molecule has 0 radical (unpaired) electrons. The summed E-state index contributed by atoms with van der Waals surface area (Å²) in [6, 6.07) is 5.33. The lowest BCUT2D eigenvalue weighted by molar-refractivity contribution is 0.101. The fourth-order valence-electron chi connectivity index (χ4n) is 2.65. The molecule has 4 nitrogen and oxygen atoms in total. The molecule has 1 saturated heterocycles. The first-order chi connectivity index (χ1) is 9.29. The first-order valence-corrected chi connectivity index (χ1v) is 7.13. The molecule has 0 bridgehead atoms. The van der Waals surface area contributed by atoms with Gasteiger partial charge in [-0.15, -0.1) is 0 Å². The molecular weight excluding hydrogens is 252 g/mol. The number of nitrogens with zero attached hydrogens (tertiary/aromatic N) is 2. The van der Waals surface area contributed by atoms with Crippen molar-refractivity contribution in [2.24, 2.45) is 0 Å². The van der Waals surface area contributed by atoms with Gasteiger partial charge in [0.2, 0.25) is 0 Å². The maximum atomic E-state index is 11.3. The SMILES string of the molecule is CC(=O)c1ccc(N2CCN(C(C)(C)C)CC2)cc1O. The van der Waals surface area contributed by atoms with E-state index in [1.807, 2.05) is 6.07 Å². The van der Waals surface area contributed by atoms with Gasteiger partial charge < -0.3 is 10.0 Å². The van der Waals surface area contributed by atoms with Gasteiger partial charge in [0.05, 0.1) is 5.56 Å². The standard InChI is InChI=1S/C16H24N2O2/c1-12(19)14-6-5-13(11-15(14)20)17-7-9-18(10-8-17)16(2,3)4/h5-6,11,20H,7-10H2,1-4H3. The Kier molecular flexibility index (Phi) is 4.04. The molecule has 1 N–H and O–H groups in total. The molecule has 1 fully saturated rings. The molecule has 1 heterocycles. The second-order valence-corrected chi connectivity index (χ2v) is 6.40. The average Bonchev–Trinajstić information content (AvgIpc) is 2.37. The van der Waals surface area contributed by atoms with Crippen LogP contribution in [0.15, 0.2) is 18.2 Å². The largest absolute Gasteiger partial charge is 0.507 e. The number of phenolic OH excluding ortho intramolecular Hbond substituents is 1. The van der Waals surface area contributed by atoms with Gasteiger partial charge in [-0.2, -0.15) is 0 Å². The zero-order chi connectivity index (χ0) is 14.9. The van der Waals surface area contributed by atoms with Crippen molar-refractivity contribution in [1.29, 1.82) is 0 Å². The van der Waals surface area contributed by atoms with Crippen LogP contribution in [-0.2, 0) is 0 Å². The van der Waals surface area contributed by atoms with Crippen molar-refractivity contribution in [2.75, 3.05) is 31.1 Å². The second kappa shape index (κ2) is 5.44. The molecule has 0 amide bonds. The highest BCUT2D eigenvalue weighted by Crippen LogP contribution is 2.27. The molecule has 0 spiro atoms. The van der Waals surface area contributed by atoms with Gasteiger partial charge in [0.15, 0.2) is 5.78 Å². The number of ketones is 1. The lowest BCUT2D eigenvalue weighted by Gasteiger charge is -2.43. The van der Waals surface area contributed by atoms with E-state index in [0.717, 1.165) is 31.9 Å². The number of hydrogen-bond donors (Lipinski definition) is 1. The number of benzene rings is 1. The van der Waals surface area contributed by atoms with Crippen molar-refractivity contribution in [3.8, 4) is 5.75 Å². The van der Waals surface area contributed by atoms with Crippen LogP contribution in [0.2, 0.25) is 0 Å². The van der Waals surface area contributed by atoms with Crippen molar-refractivity contribution < 1.29 is 9.90 Å². The van der Waals surface area contributed by atoms with Crippen LogP contribution in [0.5, 0.6) is 5.75 Å². The van der Waals surface area contributed by atoms with Crippen molar-refractivity contribution >= 4 is 11.5 Å². The maximum absolute atomic E-state index is 11.3. The van der Waals surface area contributed by atoms with Gasteiger partial charge >= 0.3 is 0 Å². The number of rotatable bonds is 2. The zero-order valence-electron chi connectivity index (χ0n) is 12.8. The van der Waals surface area contributed by atoms with Gasteiger partial charge in [-0.25, -0.2) is 0 Å². The van der Waals surface area contributed by atoms with E-state index in [1.54, 1.807) is 12.1 Å². The van der Waals surface area contributed by atoms with E-state index >= 15 is 0 Å². The molecule has 4 heteroatoms. The average molecular weight is 276 g/mol. The van der Waals surface area contributed by atoms with Crippen molar-refractivity contribution in [3.05, 3.63) is 23.8 Å². The second-order valence-electron chi connectivity index (χ2n) is 6.40. The van der Waals surface area contributed by atoms with Crippen LogP contribution >= 0.6 is 0 Å². The van der Waals surface area contributed by atoms with Gasteiger partial charge in [-0.1, -0.05) is 0 Å². The van der Waals surface area contributed by atoms with Crippen LogP contribution in [0.1, 0.15) is 38.1 Å². The Morgan fingerprint density at radius 1 is 1.15 bits per heavy atom. The van der Waals surface area contributed by atoms with E-state index in [1.165, 1.54) is 6.92 Å². The molecule has 0 saturated carbocycles. The Hall–Kier alpha value is -1.55. The fraction of sp³-hybridized carbons (Fsp3) is 0.562. The van der Waals surface area contributed by atoms with Crippen LogP contribution in [0.3, 0.4) is 0 Å². The molecule has 0 aromatic heterocycles. The summed E-state index contributed by atoms with van der Waals surface area (Å²) in [6.45, 7) is 12.1. The summed E-state index contributed by atoms with van der Waals surface area (Å²) in [5, 5.41) is 9.92. The highest BCUT2D eigenvalue weighted by molar-refractivity contribution is 5.97. The van der Waals surface area contributed by atoms with Gasteiger partial charge in [0, 0.05) is 43.5 Å². The first kappa shape index (κ1) is 14.9. The van der Waals surface area contributed by atoms with E-state index in [9.17, 15) is 9.90 Å². The van der Waals surface area contributed by atoms with E-state index in [-0.39, 0.29) is 17.1 Å². The van der Waals surface area contributed by atoms with Crippen LogP contribution in [0.4, 0.5) is 5.69 Å². The number of aromatic hydroxyl groups is 1. The topological polar surface area (TPSA) is 43.8 Å². The molecule has 0 unspecified atom stereocenters. The van der Waals surface area contributed by atoms with Crippen molar-refractivity contribution in [2.45, 2.75) is 33.2 Å². The van der Waals surface area contributed by atoms with E-state index in [2.05, 4.69) is 30.6 Å². The highest BCUT2D eigenvalue weighted by Gasteiger charge is 2.26. The molecule has 0 aliphatic carbocycles. The Balaban J connectivity index is 2.08. The molecule has 1 aliphatic rings. The number of carbonyl (C=O) groups excluding carboxylic acids is 1. The van der Waals surface area contributed by atoms with Crippen LogP contribution in [-0.4, -0.2) is 47.5 Å². The minimum absolute atomic E-state index is 0.0771. The Bertz CT molecular complexity index is 498. The predicted molar refractivity (Wildman–Crippen MR) is 81.7 cm³/mol. The minimum atomic E-state index is -0.105. The number of hydrogen-bond acceptors (Lipinski definition) is 4. The van der Waals surface area contributed by atoms with E-state index < -0.39 is 0 Å². The summed E-state index contributed by atoms with van der Waals surface area (Å²) in [5.41, 5.74) is 1.58. The summed E-state index contributed by atoms with van der Waals surface area (Å²) in [4.78, 5) is 16.0. The summed E-state index contributed by atoms with van der Waals surface area (Å²) in [7, 11) is 0. The van der Waals surface area contributed by atoms with E-state index in [4.69, 9.17) is 0 Å². The van der Waals surface area contributed by atoms with Crippen molar-refractivity contribution in [1.82, 2.24) is 4.90 Å². The summed E-state index contributed by atoms with van der Waals surface area (Å²) in [5.74, 6) is -0.0279. The van der Waals surface area contributed by atoms with Gasteiger partial charge in [-0.05, 0) is 39.8 Å². The smallest absolute Gasteiger partial charge is 0.163 e. The molecular formula is C16H24N2O2. The zero-order valence-corrected chi connectivity index (χ0v) is 12.8. The summed E-state index contributed by atoms with van der Waals surface area (Å²) < 4.78 is 0. The third-order valence-corrected chi connectivity index (χ3v) is 3.95. The molecule has 20 heavy (non-hydrogen) atoms. The van der Waals surface area contributed by atoms with Gasteiger partial charge in [-0.3, -0.25) is 9.69 Å². The first-order valence-electron chi connectivity index (χ1n) is 7.13. The van der Waals surface area contributed by atoms with Gasteiger partial charge in [0.1, 0.15) is 5.75 Å². The van der Waals surface area contributed by atoms with Crippen molar-refractivity contribution in [3.63, 3.8) is 0 Å². The molecule has 1 aliphatic heterocycles.